The zero-order chi connectivity index (χ0) is 26.7. The van der Waals surface area contributed by atoms with Crippen molar-refractivity contribution >= 4 is 68.6 Å². The molecular weight excluding hydrogens is 718 g/mol. The lowest BCUT2D eigenvalue weighted by Gasteiger charge is -2.24. The predicted octanol–water partition coefficient (Wildman–Crippen LogP) is 4.58. The second-order valence-corrected chi connectivity index (χ2v) is 11.3. The lowest BCUT2D eigenvalue weighted by molar-refractivity contribution is -0.139. The summed E-state index contributed by atoms with van der Waals surface area (Å²) in [5.74, 6) is 0.978. The third-order valence-corrected chi connectivity index (χ3v) is 8.20. The highest BCUT2D eigenvalue weighted by Crippen LogP contribution is 2.32. The SMILES string of the molecule is C=CCOc1c(I)cc(/C=c2/sc3n(c2=O)[C@@H](c2ccc(OC)cc2)C(C(=O)OCC)=C(C)N=3)cc1I. The molecule has 0 bridgehead atoms. The van der Waals surface area contributed by atoms with Crippen molar-refractivity contribution < 1.29 is 19.0 Å². The molecule has 0 spiro atoms. The molecule has 2 heterocycles. The Kier molecular flexibility index (Phi) is 8.90. The van der Waals surface area contributed by atoms with Crippen molar-refractivity contribution in [3.63, 3.8) is 0 Å². The van der Waals surface area contributed by atoms with Crippen LogP contribution in [0.1, 0.15) is 31.0 Å². The summed E-state index contributed by atoms with van der Waals surface area (Å²) in [4.78, 5) is 31.9. The third-order valence-electron chi connectivity index (χ3n) is 5.61. The number of fused-ring (bicyclic) bond motifs is 1. The van der Waals surface area contributed by atoms with Crippen LogP contribution < -0.4 is 24.4 Å². The molecule has 1 aliphatic heterocycles. The van der Waals surface area contributed by atoms with Crippen LogP contribution in [0.15, 0.2) is 70.1 Å². The van der Waals surface area contributed by atoms with Crippen LogP contribution in [0.4, 0.5) is 0 Å². The number of hydrogen-bond donors (Lipinski definition) is 0. The van der Waals surface area contributed by atoms with Gasteiger partial charge in [-0.05, 0) is 100 Å². The van der Waals surface area contributed by atoms with E-state index < -0.39 is 12.0 Å². The van der Waals surface area contributed by atoms with E-state index >= 15 is 0 Å². The zero-order valence-electron chi connectivity index (χ0n) is 20.4. The monoisotopic (exact) mass is 742 g/mol. The standard InChI is InChI=1S/C27H24I2N2O5S/c1-5-11-36-24-19(28)12-16(13-20(24)29)14-21-25(32)31-23(17-7-9-18(34-4)10-8-17)22(26(33)35-6-2)15(3)30-27(31)37-21/h5,7-10,12-14,23H,1,6,11H2,2-4H3/b21-14+/t23-/m0/s1. The fraction of sp³-hybridized carbons (Fsp3) is 0.222. The molecule has 0 saturated carbocycles. The van der Waals surface area contributed by atoms with Gasteiger partial charge >= 0.3 is 5.97 Å². The molecule has 4 rings (SSSR count). The minimum absolute atomic E-state index is 0.221. The van der Waals surface area contributed by atoms with Gasteiger partial charge in [0.2, 0.25) is 0 Å². The lowest BCUT2D eigenvalue weighted by atomic mass is 9.96. The number of halogens is 2. The van der Waals surface area contributed by atoms with E-state index in [0.717, 1.165) is 24.0 Å². The largest absolute Gasteiger partial charge is 0.497 e. The van der Waals surface area contributed by atoms with Gasteiger partial charge in [0.05, 0.1) is 42.7 Å². The third kappa shape index (κ3) is 5.70. The van der Waals surface area contributed by atoms with E-state index in [1.807, 2.05) is 42.5 Å². The molecule has 0 fully saturated rings. The van der Waals surface area contributed by atoms with Crippen molar-refractivity contribution in [3.8, 4) is 11.5 Å². The summed E-state index contributed by atoms with van der Waals surface area (Å²) in [5.41, 5.74) is 2.28. The van der Waals surface area contributed by atoms with Crippen LogP contribution in [0.5, 0.6) is 11.5 Å². The topological polar surface area (TPSA) is 79.1 Å². The van der Waals surface area contributed by atoms with Crippen molar-refractivity contribution in [2.24, 2.45) is 4.99 Å². The highest BCUT2D eigenvalue weighted by atomic mass is 127. The Labute approximate surface area is 245 Å². The second kappa shape index (κ2) is 11.9. The van der Waals surface area contributed by atoms with Crippen molar-refractivity contribution in [1.29, 1.82) is 0 Å². The van der Waals surface area contributed by atoms with Crippen LogP contribution in [0, 0.1) is 7.14 Å². The molecule has 37 heavy (non-hydrogen) atoms. The molecule has 0 radical (unpaired) electrons. The smallest absolute Gasteiger partial charge is 0.338 e. The van der Waals surface area contributed by atoms with Crippen molar-refractivity contribution in [2.45, 2.75) is 19.9 Å². The first kappa shape index (κ1) is 27.6. The van der Waals surface area contributed by atoms with Crippen LogP contribution in [0.3, 0.4) is 0 Å². The van der Waals surface area contributed by atoms with Gasteiger partial charge in [0.1, 0.15) is 18.1 Å². The summed E-state index contributed by atoms with van der Waals surface area (Å²) < 4.78 is 20.4. The van der Waals surface area contributed by atoms with Gasteiger partial charge in [0, 0.05) is 0 Å². The fourth-order valence-electron chi connectivity index (χ4n) is 3.99. The van der Waals surface area contributed by atoms with Crippen LogP contribution in [0.2, 0.25) is 0 Å². The van der Waals surface area contributed by atoms with Crippen molar-refractivity contribution in [2.75, 3.05) is 20.3 Å². The number of benzene rings is 2. The van der Waals surface area contributed by atoms with E-state index in [4.69, 9.17) is 14.2 Å². The first-order valence-corrected chi connectivity index (χ1v) is 14.3. The van der Waals surface area contributed by atoms with Gasteiger partial charge in [-0.25, -0.2) is 9.79 Å². The van der Waals surface area contributed by atoms with Crippen LogP contribution in [-0.4, -0.2) is 30.9 Å². The summed E-state index contributed by atoms with van der Waals surface area (Å²) >= 11 is 5.74. The van der Waals surface area contributed by atoms with E-state index in [1.54, 1.807) is 31.6 Å². The molecule has 1 aliphatic rings. The molecule has 2 aromatic carbocycles. The fourth-order valence-corrected chi connectivity index (χ4v) is 7.16. The average Bonchev–Trinajstić information content (AvgIpc) is 3.17. The number of aromatic nitrogens is 1. The first-order valence-electron chi connectivity index (χ1n) is 11.3. The van der Waals surface area contributed by atoms with Gasteiger partial charge in [-0.3, -0.25) is 9.36 Å². The molecule has 0 N–H and O–H groups in total. The first-order chi connectivity index (χ1) is 17.8. The Morgan fingerprint density at radius 2 is 1.89 bits per heavy atom. The predicted molar refractivity (Wildman–Crippen MR) is 161 cm³/mol. The highest BCUT2D eigenvalue weighted by molar-refractivity contribution is 14.1. The molecule has 0 aliphatic carbocycles. The number of nitrogens with zero attached hydrogens (tertiary/aromatic N) is 2. The summed E-state index contributed by atoms with van der Waals surface area (Å²) in [6.45, 7) is 7.86. The van der Waals surface area contributed by atoms with Crippen molar-refractivity contribution in [1.82, 2.24) is 4.57 Å². The highest BCUT2D eigenvalue weighted by Gasteiger charge is 2.33. The van der Waals surface area contributed by atoms with E-state index in [2.05, 4.69) is 56.8 Å². The number of thiazole rings is 1. The maximum atomic E-state index is 13.8. The Bertz CT molecular complexity index is 1550. The van der Waals surface area contributed by atoms with E-state index in [1.165, 1.54) is 11.3 Å². The molecular formula is C27H24I2N2O5S. The number of ether oxygens (including phenoxy) is 3. The number of rotatable bonds is 8. The number of carbonyl (C=O) groups is 1. The minimum Gasteiger partial charge on any atom is -0.497 e. The number of methoxy groups -OCH3 is 1. The average molecular weight is 742 g/mol. The van der Waals surface area contributed by atoms with Gasteiger partial charge in [-0.15, -0.1) is 0 Å². The Morgan fingerprint density at radius 1 is 1.22 bits per heavy atom. The lowest BCUT2D eigenvalue weighted by Crippen LogP contribution is -2.39. The van der Waals surface area contributed by atoms with Crippen molar-refractivity contribution in [3.05, 3.63) is 98.3 Å². The number of carbonyl (C=O) groups excluding carboxylic acids is 1. The molecule has 1 atom stereocenters. The molecule has 1 aromatic heterocycles. The van der Waals surface area contributed by atoms with Crippen LogP contribution >= 0.6 is 56.5 Å². The molecule has 0 amide bonds. The van der Waals surface area contributed by atoms with E-state index in [-0.39, 0.29) is 12.2 Å². The second-order valence-electron chi connectivity index (χ2n) is 7.99. The van der Waals surface area contributed by atoms with E-state index in [0.29, 0.717) is 33.0 Å². The summed E-state index contributed by atoms with van der Waals surface area (Å²) in [5, 5.41) is 0. The molecule has 7 nitrogen and oxygen atoms in total. The zero-order valence-corrected chi connectivity index (χ0v) is 25.5. The van der Waals surface area contributed by atoms with Crippen LogP contribution in [-0.2, 0) is 9.53 Å². The molecule has 10 heteroatoms. The molecule has 0 saturated heterocycles. The Balaban J connectivity index is 1.88. The maximum Gasteiger partial charge on any atom is 0.338 e. The number of allylic oxidation sites excluding steroid dienone is 1. The van der Waals surface area contributed by atoms with Gasteiger partial charge in [0.25, 0.3) is 5.56 Å². The molecule has 0 unspecified atom stereocenters. The van der Waals surface area contributed by atoms with Gasteiger partial charge < -0.3 is 14.2 Å². The quantitative estimate of drug-likeness (QED) is 0.192. The number of esters is 1. The Morgan fingerprint density at radius 3 is 2.49 bits per heavy atom. The molecule has 3 aromatic rings. The van der Waals surface area contributed by atoms with E-state index in [9.17, 15) is 9.59 Å². The van der Waals surface area contributed by atoms with Gasteiger partial charge in [-0.2, -0.15) is 0 Å². The molecule has 192 valence electrons. The normalized spacial score (nSPS) is 15.2. The Hall–Kier alpha value is -2.45. The summed E-state index contributed by atoms with van der Waals surface area (Å²) in [7, 11) is 1.59. The van der Waals surface area contributed by atoms with Gasteiger partial charge in [-0.1, -0.05) is 36.1 Å². The summed E-state index contributed by atoms with van der Waals surface area (Å²) in [6.07, 6.45) is 3.55. The maximum absolute atomic E-state index is 13.8. The minimum atomic E-state index is -0.668. The number of hydrogen-bond acceptors (Lipinski definition) is 7. The summed E-state index contributed by atoms with van der Waals surface area (Å²) in [6, 6.07) is 10.6. The van der Waals surface area contributed by atoms with Crippen LogP contribution in [0.25, 0.3) is 6.08 Å². The van der Waals surface area contributed by atoms with Gasteiger partial charge in [0.15, 0.2) is 4.80 Å².